The van der Waals surface area contributed by atoms with Crippen LogP contribution in [0.5, 0.6) is 17.2 Å². The maximum atomic E-state index is 11.9. The minimum Gasteiger partial charge on any atom is -0.507 e. The summed E-state index contributed by atoms with van der Waals surface area (Å²) in [5.74, 6) is 2.34. The molecule has 5 heteroatoms. The Hall–Kier alpha value is -2.53. The number of ether oxygens (including phenoxy) is 2. The molecule has 0 saturated heterocycles. The summed E-state index contributed by atoms with van der Waals surface area (Å²) in [5, 5.41) is 10.5. The number of phenolic OH excluding ortho intramolecular Hbond substituents is 1. The molecular formula is C26H37NO4. The maximum Gasteiger partial charge on any atom is 0.160 e. The highest BCUT2D eigenvalue weighted by Gasteiger charge is 2.19. The van der Waals surface area contributed by atoms with Gasteiger partial charge in [-0.2, -0.15) is 0 Å². The number of Topliss-reactive ketones (excluding diaryl/α,β-unsaturated/α-hetero) is 1. The predicted molar refractivity (Wildman–Crippen MR) is 126 cm³/mol. The molecule has 0 radical (unpaired) electrons. The van der Waals surface area contributed by atoms with Gasteiger partial charge in [-0.3, -0.25) is 9.69 Å². The first kappa shape index (κ1) is 24.7. The smallest absolute Gasteiger partial charge is 0.160 e. The Kier molecular flexibility index (Phi) is 8.13. The van der Waals surface area contributed by atoms with E-state index in [9.17, 15) is 9.90 Å². The lowest BCUT2D eigenvalue weighted by Crippen LogP contribution is -2.25. The van der Waals surface area contributed by atoms with Crippen LogP contribution in [0.2, 0.25) is 0 Å². The molecule has 31 heavy (non-hydrogen) atoms. The van der Waals surface area contributed by atoms with Crippen molar-refractivity contribution in [3.63, 3.8) is 0 Å². The second-order valence-corrected chi connectivity index (χ2v) is 8.74. The van der Waals surface area contributed by atoms with Crippen LogP contribution in [0, 0.1) is 27.7 Å². The summed E-state index contributed by atoms with van der Waals surface area (Å²) in [4.78, 5) is 14.1. The van der Waals surface area contributed by atoms with E-state index in [1.54, 1.807) is 14.0 Å². The summed E-state index contributed by atoms with van der Waals surface area (Å²) in [6.07, 6.45) is 0. The molecule has 0 atom stereocenters. The van der Waals surface area contributed by atoms with E-state index >= 15 is 0 Å². The van der Waals surface area contributed by atoms with E-state index in [2.05, 4.69) is 18.7 Å². The van der Waals surface area contributed by atoms with Crippen LogP contribution < -0.4 is 9.47 Å². The molecule has 0 aliphatic rings. The molecule has 0 fully saturated rings. The number of carbonyl (C=O) groups excluding carboxylic acids is 1. The number of aryl methyl sites for hydroxylation is 1. The van der Waals surface area contributed by atoms with Gasteiger partial charge in [0, 0.05) is 24.2 Å². The van der Waals surface area contributed by atoms with Gasteiger partial charge in [0.15, 0.2) is 5.78 Å². The minimum absolute atomic E-state index is 0.0756. The molecule has 2 aromatic carbocycles. The van der Waals surface area contributed by atoms with Crippen molar-refractivity contribution in [1.29, 1.82) is 0 Å². The summed E-state index contributed by atoms with van der Waals surface area (Å²) < 4.78 is 11.8. The molecule has 0 aliphatic heterocycles. The van der Waals surface area contributed by atoms with Crippen molar-refractivity contribution < 1.29 is 19.4 Å². The molecule has 1 N–H and O–H groups in total. The molecule has 0 saturated carbocycles. The van der Waals surface area contributed by atoms with Crippen molar-refractivity contribution in [2.75, 3.05) is 27.3 Å². The lowest BCUT2D eigenvalue weighted by atomic mass is 9.95. The van der Waals surface area contributed by atoms with Gasteiger partial charge < -0.3 is 14.6 Å². The van der Waals surface area contributed by atoms with Crippen LogP contribution in [0.15, 0.2) is 12.1 Å². The zero-order chi connectivity index (χ0) is 23.5. The fraction of sp³-hybridized carbons (Fsp3) is 0.500. The number of carbonyl (C=O) groups is 1. The number of phenols is 1. The number of aromatic hydroxyl groups is 1. The Morgan fingerprint density at radius 3 is 2.29 bits per heavy atom. The van der Waals surface area contributed by atoms with E-state index in [4.69, 9.17) is 9.47 Å². The van der Waals surface area contributed by atoms with Gasteiger partial charge >= 0.3 is 0 Å². The first-order valence-electron chi connectivity index (χ1n) is 10.8. The van der Waals surface area contributed by atoms with Crippen molar-refractivity contribution in [2.45, 2.75) is 60.9 Å². The first-order valence-corrected chi connectivity index (χ1v) is 10.8. The van der Waals surface area contributed by atoms with Crippen LogP contribution in [0.3, 0.4) is 0 Å². The minimum atomic E-state index is 0.0756. The molecule has 0 unspecified atom stereocenters. The van der Waals surface area contributed by atoms with E-state index in [0.29, 0.717) is 25.4 Å². The molecule has 0 aromatic heterocycles. The van der Waals surface area contributed by atoms with Gasteiger partial charge in [0.25, 0.3) is 0 Å². The highest BCUT2D eigenvalue weighted by molar-refractivity contribution is 5.96. The molecule has 2 aromatic rings. The molecule has 2 rings (SSSR count). The topological polar surface area (TPSA) is 59.0 Å². The van der Waals surface area contributed by atoms with Crippen molar-refractivity contribution in [3.8, 4) is 17.2 Å². The number of hydrogen-bond donors (Lipinski definition) is 1. The fourth-order valence-corrected chi connectivity index (χ4v) is 3.95. The Morgan fingerprint density at radius 1 is 1.10 bits per heavy atom. The average molecular weight is 428 g/mol. The standard InChI is InChI=1S/C26H37NO4/c1-15(2)21-13-22(20(7)28)16(3)12-24(21)31-11-10-27(8)14-23-19(6)25(29)17(4)18(5)26(23)30-9/h12-13,15,29H,10-11,14H2,1-9H3. The number of ketones is 1. The quantitative estimate of drug-likeness (QED) is 0.538. The molecule has 0 bridgehead atoms. The third-order valence-electron chi connectivity index (χ3n) is 6.06. The molecule has 5 nitrogen and oxygen atoms in total. The number of benzene rings is 2. The molecule has 0 aliphatic carbocycles. The first-order chi connectivity index (χ1) is 14.5. The summed E-state index contributed by atoms with van der Waals surface area (Å²) in [6, 6.07) is 3.94. The van der Waals surface area contributed by atoms with Crippen molar-refractivity contribution in [3.05, 3.63) is 51.1 Å². The number of nitrogens with zero attached hydrogens (tertiary/aromatic N) is 1. The molecular weight excluding hydrogens is 390 g/mol. The molecule has 170 valence electrons. The maximum absolute atomic E-state index is 11.9. The number of likely N-dealkylation sites (N-methyl/N-ethyl adjacent to an activating group) is 1. The highest BCUT2D eigenvalue weighted by Crippen LogP contribution is 2.37. The second kappa shape index (κ2) is 10.2. The molecule has 0 amide bonds. The van der Waals surface area contributed by atoms with Gasteiger partial charge in [0.2, 0.25) is 0 Å². The third kappa shape index (κ3) is 5.40. The Bertz CT molecular complexity index is 963. The van der Waals surface area contributed by atoms with Gasteiger partial charge in [0.1, 0.15) is 23.9 Å². The van der Waals surface area contributed by atoms with Gasteiger partial charge in [-0.1, -0.05) is 13.8 Å². The summed E-state index contributed by atoms with van der Waals surface area (Å²) in [5.41, 5.74) is 6.41. The van der Waals surface area contributed by atoms with Gasteiger partial charge in [-0.05, 0) is 87.5 Å². The second-order valence-electron chi connectivity index (χ2n) is 8.74. The van der Waals surface area contributed by atoms with Crippen molar-refractivity contribution >= 4 is 5.78 Å². The van der Waals surface area contributed by atoms with E-state index in [0.717, 1.165) is 50.4 Å². The van der Waals surface area contributed by atoms with E-state index in [1.165, 1.54) is 0 Å². The van der Waals surface area contributed by atoms with Gasteiger partial charge in [0.05, 0.1) is 7.11 Å². The van der Waals surface area contributed by atoms with Gasteiger partial charge in [-0.25, -0.2) is 0 Å². The average Bonchev–Trinajstić information content (AvgIpc) is 2.70. The van der Waals surface area contributed by atoms with Crippen molar-refractivity contribution in [1.82, 2.24) is 4.90 Å². The third-order valence-corrected chi connectivity index (χ3v) is 6.06. The highest BCUT2D eigenvalue weighted by atomic mass is 16.5. The molecule has 0 heterocycles. The summed E-state index contributed by atoms with van der Waals surface area (Å²) in [6.45, 7) is 15.4. The monoisotopic (exact) mass is 427 g/mol. The Labute approximate surface area is 187 Å². The number of methoxy groups -OCH3 is 1. The van der Waals surface area contributed by atoms with Crippen molar-refractivity contribution in [2.24, 2.45) is 0 Å². The summed E-state index contributed by atoms with van der Waals surface area (Å²) in [7, 11) is 3.70. The van der Waals surface area contributed by atoms with E-state index in [1.807, 2.05) is 46.9 Å². The fourth-order valence-electron chi connectivity index (χ4n) is 3.95. The van der Waals surface area contributed by atoms with Crippen LogP contribution in [0.1, 0.15) is 70.4 Å². The summed E-state index contributed by atoms with van der Waals surface area (Å²) >= 11 is 0. The van der Waals surface area contributed by atoms with Crippen LogP contribution >= 0.6 is 0 Å². The zero-order valence-corrected chi connectivity index (χ0v) is 20.5. The lowest BCUT2D eigenvalue weighted by molar-refractivity contribution is 0.101. The van der Waals surface area contributed by atoms with E-state index in [-0.39, 0.29) is 11.7 Å². The Morgan fingerprint density at radius 2 is 1.74 bits per heavy atom. The SMILES string of the molecule is COc1c(C)c(C)c(O)c(C)c1CN(C)CCOc1cc(C)c(C(C)=O)cc1C(C)C. The largest absolute Gasteiger partial charge is 0.507 e. The number of hydrogen-bond acceptors (Lipinski definition) is 5. The van der Waals surface area contributed by atoms with Crippen LogP contribution in [0.25, 0.3) is 0 Å². The normalized spacial score (nSPS) is 11.3. The predicted octanol–water partition coefficient (Wildman–Crippen LogP) is 5.47. The van der Waals surface area contributed by atoms with E-state index < -0.39 is 0 Å². The van der Waals surface area contributed by atoms with Crippen LogP contribution in [-0.2, 0) is 6.54 Å². The number of rotatable bonds is 9. The van der Waals surface area contributed by atoms with Gasteiger partial charge in [-0.15, -0.1) is 0 Å². The zero-order valence-electron chi connectivity index (χ0n) is 20.5. The Balaban J connectivity index is 2.14. The van der Waals surface area contributed by atoms with Crippen LogP contribution in [0.4, 0.5) is 0 Å². The van der Waals surface area contributed by atoms with Crippen LogP contribution in [-0.4, -0.2) is 43.1 Å². The molecule has 0 spiro atoms. The lowest BCUT2D eigenvalue weighted by Gasteiger charge is -2.24.